The minimum Gasteiger partial charge on any atom is -0.490 e. The first-order chi connectivity index (χ1) is 9.60. The molecule has 0 aliphatic rings. The van der Waals surface area contributed by atoms with E-state index in [4.69, 9.17) is 27.4 Å². The largest absolute Gasteiger partial charge is 0.490 e. The van der Waals surface area contributed by atoms with Gasteiger partial charge in [0, 0.05) is 10.4 Å². The average Bonchev–Trinajstić information content (AvgIpc) is 2.83. The van der Waals surface area contributed by atoms with Gasteiger partial charge in [0.05, 0.1) is 10.4 Å². The molecule has 0 bridgehead atoms. The summed E-state index contributed by atoms with van der Waals surface area (Å²) in [4.78, 5) is 1.48. The van der Waals surface area contributed by atoms with Crippen molar-refractivity contribution in [3.05, 3.63) is 44.6 Å². The lowest BCUT2D eigenvalue weighted by Gasteiger charge is -2.12. The van der Waals surface area contributed by atoms with Crippen LogP contribution in [0.25, 0.3) is 0 Å². The number of ether oxygens (including phenoxy) is 2. The van der Waals surface area contributed by atoms with Crippen molar-refractivity contribution in [2.45, 2.75) is 13.5 Å². The number of halogens is 1. The second-order valence-electron chi connectivity index (χ2n) is 3.95. The van der Waals surface area contributed by atoms with Crippen molar-refractivity contribution in [2.75, 3.05) is 6.61 Å². The van der Waals surface area contributed by atoms with E-state index in [2.05, 4.69) is 15.9 Å². The molecular formula is C14H14BrNO2S2. The standard InChI is InChI=1S/C14H14BrNO2S2/c1-2-17-12-7-9(14(16)19)3-5-11(12)18-8-10-4-6-13(15)20-10/h3-7H,2,8H2,1H3,(H2,16,19). The van der Waals surface area contributed by atoms with Gasteiger partial charge in [-0.1, -0.05) is 12.2 Å². The van der Waals surface area contributed by atoms with Crippen LogP contribution < -0.4 is 15.2 Å². The van der Waals surface area contributed by atoms with Gasteiger partial charge < -0.3 is 15.2 Å². The Morgan fingerprint density at radius 2 is 2.05 bits per heavy atom. The number of hydrogen-bond donors (Lipinski definition) is 1. The minimum absolute atomic E-state index is 0.347. The van der Waals surface area contributed by atoms with Crippen LogP contribution in [0, 0.1) is 0 Å². The Bertz CT molecular complexity index is 613. The third-order valence-electron chi connectivity index (χ3n) is 2.53. The zero-order valence-corrected chi connectivity index (χ0v) is 14.1. The normalized spacial score (nSPS) is 10.3. The van der Waals surface area contributed by atoms with Gasteiger partial charge in [-0.15, -0.1) is 11.3 Å². The van der Waals surface area contributed by atoms with Crippen molar-refractivity contribution in [1.29, 1.82) is 0 Å². The van der Waals surface area contributed by atoms with Gasteiger partial charge in [0.2, 0.25) is 0 Å². The molecule has 3 nitrogen and oxygen atoms in total. The lowest BCUT2D eigenvalue weighted by Crippen LogP contribution is -2.10. The zero-order valence-electron chi connectivity index (χ0n) is 10.9. The predicted octanol–water partition coefficient (Wildman–Crippen LogP) is 4.12. The molecule has 2 N–H and O–H groups in total. The molecule has 1 aromatic heterocycles. The fraction of sp³-hybridized carbons (Fsp3) is 0.214. The van der Waals surface area contributed by atoms with Crippen molar-refractivity contribution in [1.82, 2.24) is 0 Å². The Kier molecular flexibility index (Phi) is 5.39. The molecule has 0 fully saturated rings. The molecule has 6 heteroatoms. The van der Waals surface area contributed by atoms with Crippen LogP contribution in [-0.4, -0.2) is 11.6 Å². The fourth-order valence-corrected chi connectivity index (χ4v) is 3.15. The molecule has 2 rings (SSSR count). The molecule has 0 unspecified atom stereocenters. The molecule has 0 aliphatic heterocycles. The predicted molar refractivity (Wildman–Crippen MR) is 89.8 cm³/mol. The van der Waals surface area contributed by atoms with Crippen molar-refractivity contribution < 1.29 is 9.47 Å². The first-order valence-electron chi connectivity index (χ1n) is 6.04. The molecule has 0 saturated heterocycles. The van der Waals surface area contributed by atoms with Gasteiger partial charge in [0.1, 0.15) is 11.6 Å². The van der Waals surface area contributed by atoms with Gasteiger partial charge in [-0.05, 0) is 53.2 Å². The first kappa shape index (κ1) is 15.3. The summed E-state index contributed by atoms with van der Waals surface area (Å²) < 4.78 is 12.5. The number of hydrogen-bond acceptors (Lipinski definition) is 4. The van der Waals surface area contributed by atoms with E-state index < -0.39 is 0 Å². The lowest BCUT2D eigenvalue weighted by atomic mass is 10.2. The van der Waals surface area contributed by atoms with E-state index in [1.54, 1.807) is 11.3 Å². The van der Waals surface area contributed by atoms with E-state index >= 15 is 0 Å². The summed E-state index contributed by atoms with van der Waals surface area (Å²) in [6, 6.07) is 9.51. The van der Waals surface area contributed by atoms with E-state index in [1.807, 2.05) is 37.3 Å². The number of benzene rings is 1. The van der Waals surface area contributed by atoms with Gasteiger partial charge in [0.25, 0.3) is 0 Å². The van der Waals surface area contributed by atoms with Crippen LogP contribution in [-0.2, 0) is 6.61 Å². The Morgan fingerprint density at radius 1 is 1.25 bits per heavy atom. The van der Waals surface area contributed by atoms with Crippen LogP contribution >= 0.6 is 39.5 Å². The highest BCUT2D eigenvalue weighted by molar-refractivity contribution is 9.11. The molecule has 1 aromatic carbocycles. The minimum atomic E-state index is 0.347. The highest BCUT2D eigenvalue weighted by Crippen LogP contribution is 2.30. The zero-order chi connectivity index (χ0) is 14.5. The number of nitrogens with two attached hydrogens (primary N) is 1. The summed E-state index contributed by atoms with van der Waals surface area (Å²) >= 11 is 10.0. The van der Waals surface area contributed by atoms with E-state index in [1.165, 1.54) is 0 Å². The molecule has 0 spiro atoms. The summed E-state index contributed by atoms with van der Waals surface area (Å²) in [6.07, 6.45) is 0. The van der Waals surface area contributed by atoms with Crippen molar-refractivity contribution >= 4 is 44.5 Å². The van der Waals surface area contributed by atoms with E-state index in [9.17, 15) is 0 Å². The third kappa shape index (κ3) is 3.94. The van der Waals surface area contributed by atoms with Crippen molar-refractivity contribution in [2.24, 2.45) is 5.73 Å². The molecule has 20 heavy (non-hydrogen) atoms. The molecular weight excluding hydrogens is 358 g/mol. The van der Waals surface area contributed by atoms with Gasteiger partial charge in [-0.3, -0.25) is 0 Å². The van der Waals surface area contributed by atoms with E-state index in [-0.39, 0.29) is 0 Å². The van der Waals surface area contributed by atoms with E-state index in [0.29, 0.717) is 29.7 Å². The molecule has 0 atom stereocenters. The Morgan fingerprint density at radius 3 is 2.65 bits per heavy atom. The molecule has 0 aliphatic carbocycles. The lowest BCUT2D eigenvalue weighted by molar-refractivity contribution is 0.271. The van der Waals surface area contributed by atoms with Crippen LogP contribution in [0.1, 0.15) is 17.4 Å². The van der Waals surface area contributed by atoms with Gasteiger partial charge in [0.15, 0.2) is 11.5 Å². The summed E-state index contributed by atoms with van der Waals surface area (Å²) in [5, 5.41) is 0. The van der Waals surface area contributed by atoms with Crippen LogP contribution in [0.3, 0.4) is 0 Å². The highest BCUT2D eigenvalue weighted by atomic mass is 79.9. The third-order valence-corrected chi connectivity index (χ3v) is 4.36. The highest BCUT2D eigenvalue weighted by Gasteiger charge is 2.09. The SMILES string of the molecule is CCOc1cc(C(N)=S)ccc1OCc1ccc(Br)s1. The smallest absolute Gasteiger partial charge is 0.161 e. The topological polar surface area (TPSA) is 44.5 Å². The summed E-state index contributed by atoms with van der Waals surface area (Å²) in [7, 11) is 0. The van der Waals surface area contributed by atoms with Crippen LogP contribution in [0.2, 0.25) is 0 Å². The van der Waals surface area contributed by atoms with Crippen LogP contribution in [0.4, 0.5) is 0 Å². The van der Waals surface area contributed by atoms with Gasteiger partial charge in [-0.25, -0.2) is 0 Å². The van der Waals surface area contributed by atoms with Gasteiger partial charge in [-0.2, -0.15) is 0 Å². The molecule has 2 aromatic rings. The maximum atomic E-state index is 5.80. The van der Waals surface area contributed by atoms with Gasteiger partial charge >= 0.3 is 0 Å². The summed E-state index contributed by atoms with van der Waals surface area (Å²) in [5.41, 5.74) is 6.40. The maximum absolute atomic E-state index is 5.80. The molecule has 0 radical (unpaired) electrons. The number of rotatable bonds is 6. The number of thiocarbonyl (C=S) groups is 1. The Labute approximate surface area is 135 Å². The van der Waals surface area contributed by atoms with Crippen molar-refractivity contribution in [3.8, 4) is 11.5 Å². The van der Waals surface area contributed by atoms with Crippen LogP contribution in [0.5, 0.6) is 11.5 Å². The van der Waals surface area contributed by atoms with E-state index in [0.717, 1.165) is 14.2 Å². The summed E-state index contributed by atoms with van der Waals surface area (Å²) in [6.45, 7) is 2.98. The maximum Gasteiger partial charge on any atom is 0.161 e. The van der Waals surface area contributed by atoms with Crippen molar-refractivity contribution in [3.63, 3.8) is 0 Å². The molecule has 0 saturated carbocycles. The molecule has 1 heterocycles. The second kappa shape index (κ2) is 7.06. The monoisotopic (exact) mass is 371 g/mol. The second-order valence-corrected chi connectivity index (χ2v) is 6.94. The molecule has 106 valence electrons. The first-order valence-corrected chi connectivity index (χ1v) is 8.05. The number of thiophene rings is 1. The average molecular weight is 372 g/mol. The Balaban J connectivity index is 2.15. The molecule has 0 amide bonds. The fourth-order valence-electron chi connectivity index (χ4n) is 1.63. The summed E-state index contributed by atoms with van der Waals surface area (Å²) in [5.74, 6) is 1.35. The quantitative estimate of drug-likeness (QED) is 0.775. The Hall–Kier alpha value is -1.11. The van der Waals surface area contributed by atoms with Crippen LogP contribution in [0.15, 0.2) is 34.1 Å².